The Balaban J connectivity index is 3.05. The molecule has 0 aliphatic carbocycles. The van der Waals surface area contributed by atoms with Crippen molar-refractivity contribution in [1.29, 1.82) is 5.26 Å². The maximum Gasteiger partial charge on any atom is 0.0666 e. The van der Waals surface area contributed by atoms with Crippen molar-refractivity contribution in [1.82, 2.24) is 10.2 Å². The van der Waals surface area contributed by atoms with Gasteiger partial charge in [0.1, 0.15) is 0 Å². The van der Waals surface area contributed by atoms with Crippen LogP contribution >= 0.6 is 0 Å². The first-order valence-corrected chi connectivity index (χ1v) is 4.92. The summed E-state index contributed by atoms with van der Waals surface area (Å²) in [4.78, 5) is 2.19. The standard InChI is InChI=1S/C10H21N3/c1-10(8-11)9-12-6-4-5-7-13(2)3/h10,12H,4-7,9H2,1-3H3. The van der Waals surface area contributed by atoms with Gasteiger partial charge >= 0.3 is 0 Å². The lowest BCUT2D eigenvalue weighted by molar-refractivity contribution is 0.391. The number of nitrogens with one attached hydrogen (secondary N) is 1. The first-order chi connectivity index (χ1) is 6.16. The third-order valence-electron chi connectivity index (χ3n) is 1.88. The summed E-state index contributed by atoms with van der Waals surface area (Å²) in [5, 5.41) is 11.8. The van der Waals surface area contributed by atoms with E-state index in [1.54, 1.807) is 0 Å². The molecule has 13 heavy (non-hydrogen) atoms. The summed E-state index contributed by atoms with van der Waals surface area (Å²) in [6.07, 6.45) is 2.41. The molecular formula is C10H21N3. The van der Waals surface area contributed by atoms with Gasteiger partial charge in [-0.2, -0.15) is 5.26 Å². The van der Waals surface area contributed by atoms with Gasteiger partial charge in [0.2, 0.25) is 0 Å². The highest BCUT2D eigenvalue weighted by Crippen LogP contribution is 1.91. The molecule has 0 heterocycles. The summed E-state index contributed by atoms with van der Waals surface area (Å²) in [5.74, 6) is 0.133. The van der Waals surface area contributed by atoms with Gasteiger partial charge in [0.05, 0.1) is 12.0 Å². The van der Waals surface area contributed by atoms with Crippen LogP contribution in [-0.4, -0.2) is 38.6 Å². The lowest BCUT2D eigenvalue weighted by Crippen LogP contribution is -2.22. The van der Waals surface area contributed by atoms with Crippen molar-refractivity contribution in [2.75, 3.05) is 33.7 Å². The SMILES string of the molecule is CC(C#N)CNCCCCN(C)C. The molecule has 0 spiro atoms. The molecule has 0 rings (SSSR count). The Morgan fingerprint density at radius 3 is 2.62 bits per heavy atom. The molecule has 0 aromatic carbocycles. The fourth-order valence-corrected chi connectivity index (χ4v) is 1.04. The zero-order valence-corrected chi connectivity index (χ0v) is 9.01. The van der Waals surface area contributed by atoms with Gasteiger partial charge in [-0.3, -0.25) is 0 Å². The minimum absolute atomic E-state index is 0.133. The van der Waals surface area contributed by atoms with Crippen LogP contribution in [0.2, 0.25) is 0 Å². The fraction of sp³-hybridized carbons (Fsp3) is 0.900. The third-order valence-corrected chi connectivity index (χ3v) is 1.88. The van der Waals surface area contributed by atoms with E-state index in [0.717, 1.165) is 19.6 Å². The third kappa shape index (κ3) is 9.32. The molecule has 0 aliphatic heterocycles. The highest BCUT2D eigenvalue weighted by atomic mass is 15.0. The summed E-state index contributed by atoms with van der Waals surface area (Å²) in [6, 6.07) is 2.20. The zero-order chi connectivity index (χ0) is 10.1. The molecule has 3 heteroatoms. The lowest BCUT2D eigenvalue weighted by atomic mass is 10.2. The summed E-state index contributed by atoms with van der Waals surface area (Å²) in [6.45, 7) is 4.93. The number of rotatable bonds is 7. The van der Waals surface area contributed by atoms with Crippen LogP contribution in [0.3, 0.4) is 0 Å². The quantitative estimate of drug-likeness (QED) is 0.600. The second kappa shape index (κ2) is 8.03. The van der Waals surface area contributed by atoms with Gasteiger partial charge in [0.15, 0.2) is 0 Å². The molecule has 0 saturated heterocycles. The van der Waals surface area contributed by atoms with Crippen LogP contribution < -0.4 is 5.32 Å². The van der Waals surface area contributed by atoms with Gasteiger partial charge < -0.3 is 10.2 Å². The predicted octanol–water partition coefficient (Wildman–Crippen LogP) is 1.08. The maximum atomic E-state index is 8.51. The molecule has 0 saturated carbocycles. The molecular weight excluding hydrogens is 162 g/mol. The summed E-state index contributed by atoms with van der Waals surface area (Å²) in [5.41, 5.74) is 0. The van der Waals surface area contributed by atoms with Gasteiger partial charge in [-0.05, 0) is 47.0 Å². The van der Waals surface area contributed by atoms with E-state index in [2.05, 4.69) is 30.4 Å². The lowest BCUT2D eigenvalue weighted by Gasteiger charge is -2.09. The van der Waals surface area contributed by atoms with Crippen molar-refractivity contribution >= 4 is 0 Å². The molecule has 1 N–H and O–H groups in total. The van der Waals surface area contributed by atoms with E-state index >= 15 is 0 Å². The van der Waals surface area contributed by atoms with Gasteiger partial charge in [-0.25, -0.2) is 0 Å². The number of hydrogen-bond donors (Lipinski definition) is 1. The normalized spacial score (nSPS) is 12.8. The van der Waals surface area contributed by atoms with Crippen LogP contribution in [0, 0.1) is 17.2 Å². The Labute approximate surface area is 81.7 Å². The number of unbranched alkanes of at least 4 members (excludes halogenated alkanes) is 1. The Bertz CT molecular complexity index is 149. The molecule has 76 valence electrons. The van der Waals surface area contributed by atoms with Gasteiger partial charge in [0.25, 0.3) is 0 Å². The minimum atomic E-state index is 0.133. The van der Waals surface area contributed by atoms with E-state index in [0.29, 0.717) is 0 Å². The first-order valence-electron chi connectivity index (χ1n) is 4.92. The molecule has 0 bridgehead atoms. The summed E-state index contributed by atoms with van der Waals surface area (Å²) in [7, 11) is 4.18. The maximum absolute atomic E-state index is 8.51. The van der Waals surface area contributed by atoms with Gasteiger partial charge in [-0.15, -0.1) is 0 Å². The first kappa shape index (κ1) is 12.4. The van der Waals surface area contributed by atoms with Crippen molar-refractivity contribution in [2.24, 2.45) is 5.92 Å². The Morgan fingerprint density at radius 1 is 1.38 bits per heavy atom. The Kier molecular flexibility index (Phi) is 7.66. The van der Waals surface area contributed by atoms with Crippen molar-refractivity contribution in [3.05, 3.63) is 0 Å². The van der Waals surface area contributed by atoms with E-state index in [1.165, 1.54) is 12.8 Å². The van der Waals surface area contributed by atoms with Gasteiger partial charge in [0, 0.05) is 6.54 Å². The topological polar surface area (TPSA) is 39.1 Å². The average molecular weight is 183 g/mol. The largest absolute Gasteiger partial charge is 0.315 e. The highest BCUT2D eigenvalue weighted by Gasteiger charge is 1.97. The number of hydrogen-bond acceptors (Lipinski definition) is 3. The average Bonchev–Trinajstić information content (AvgIpc) is 2.10. The van der Waals surface area contributed by atoms with E-state index in [-0.39, 0.29) is 5.92 Å². The van der Waals surface area contributed by atoms with E-state index in [4.69, 9.17) is 5.26 Å². The predicted molar refractivity (Wildman–Crippen MR) is 55.4 cm³/mol. The van der Waals surface area contributed by atoms with Crippen LogP contribution in [0.15, 0.2) is 0 Å². The molecule has 1 unspecified atom stereocenters. The second-order valence-electron chi connectivity index (χ2n) is 3.74. The van der Waals surface area contributed by atoms with Crippen LogP contribution in [0.5, 0.6) is 0 Å². The second-order valence-corrected chi connectivity index (χ2v) is 3.74. The van der Waals surface area contributed by atoms with Crippen LogP contribution in [0.1, 0.15) is 19.8 Å². The molecule has 0 aliphatic rings. The van der Waals surface area contributed by atoms with Crippen LogP contribution in [0.4, 0.5) is 0 Å². The Hall–Kier alpha value is -0.590. The van der Waals surface area contributed by atoms with Crippen LogP contribution in [0.25, 0.3) is 0 Å². The zero-order valence-electron chi connectivity index (χ0n) is 9.01. The van der Waals surface area contributed by atoms with Crippen molar-refractivity contribution in [3.63, 3.8) is 0 Å². The number of nitriles is 1. The smallest absolute Gasteiger partial charge is 0.0666 e. The fourth-order valence-electron chi connectivity index (χ4n) is 1.04. The monoisotopic (exact) mass is 183 g/mol. The molecule has 0 amide bonds. The van der Waals surface area contributed by atoms with Crippen LogP contribution in [-0.2, 0) is 0 Å². The van der Waals surface area contributed by atoms with E-state index in [1.807, 2.05) is 6.92 Å². The summed E-state index contributed by atoms with van der Waals surface area (Å²) >= 11 is 0. The van der Waals surface area contributed by atoms with Crippen molar-refractivity contribution < 1.29 is 0 Å². The Morgan fingerprint density at radius 2 is 2.08 bits per heavy atom. The van der Waals surface area contributed by atoms with E-state index in [9.17, 15) is 0 Å². The molecule has 3 nitrogen and oxygen atoms in total. The highest BCUT2D eigenvalue weighted by molar-refractivity contribution is 4.79. The van der Waals surface area contributed by atoms with Crippen molar-refractivity contribution in [3.8, 4) is 6.07 Å². The van der Waals surface area contributed by atoms with E-state index < -0.39 is 0 Å². The minimum Gasteiger partial charge on any atom is -0.315 e. The molecule has 0 fully saturated rings. The molecule has 0 aromatic rings. The summed E-state index contributed by atoms with van der Waals surface area (Å²) < 4.78 is 0. The molecule has 0 aromatic heterocycles. The van der Waals surface area contributed by atoms with Gasteiger partial charge in [-0.1, -0.05) is 0 Å². The molecule has 0 radical (unpaired) electrons. The number of nitrogens with zero attached hydrogens (tertiary/aromatic N) is 2. The molecule has 1 atom stereocenters. The van der Waals surface area contributed by atoms with Crippen molar-refractivity contribution in [2.45, 2.75) is 19.8 Å².